The van der Waals surface area contributed by atoms with Crippen LogP contribution in [0.1, 0.15) is 22.3 Å². The molecule has 28 heavy (non-hydrogen) atoms. The lowest BCUT2D eigenvalue weighted by molar-refractivity contribution is 0.0951. The maximum atomic E-state index is 12.9. The molecule has 0 radical (unpaired) electrons. The number of rotatable bonds is 7. The zero-order valence-electron chi connectivity index (χ0n) is 16.6. The molecule has 0 aromatic heterocycles. The number of hydrogen-bond donors (Lipinski definition) is 1. The van der Waals surface area contributed by atoms with E-state index in [1.165, 1.54) is 0 Å². The Morgan fingerprint density at radius 2 is 1.75 bits per heavy atom. The first-order valence-electron chi connectivity index (χ1n) is 9.68. The minimum absolute atomic E-state index is 0.0123. The molecule has 3 amide bonds. The van der Waals surface area contributed by atoms with E-state index in [9.17, 15) is 9.59 Å². The van der Waals surface area contributed by atoms with E-state index >= 15 is 0 Å². The number of carbonyl (C=O) groups is 2. The van der Waals surface area contributed by atoms with E-state index in [1.54, 1.807) is 17.0 Å². The van der Waals surface area contributed by atoms with Gasteiger partial charge in [0.1, 0.15) is 0 Å². The van der Waals surface area contributed by atoms with Gasteiger partial charge in [0.15, 0.2) is 0 Å². The molecule has 3 rings (SSSR count). The molecule has 1 aliphatic rings. The van der Waals surface area contributed by atoms with Crippen LogP contribution in [-0.2, 0) is 6.54 Å². The van der Waals surface area contributed by atoms with E-state index in [1.807, 2.05) is 66.4 Å². The van der Waals surface area contributed by atoms with Crippen molar-refractivity contribution in [2.45, 2.75) is 13.0 Å². The van der Waals surface area contributed by atoms with Crippen molar-refractivity contribution in [1.29, 1.82) is 0 Å². The molecular weight excluding hydrogens is 352 g/mol. The lowest BCUT2D eigenvalue weighted by Crippen LogP contribution is -2.49. The molecule has 2 aromatic carbocycles. The molecule has 1 aliphatic heterocycles. The first-order chi connectivity index (χ1) is 13.5. The lowest BCUT2D eigenvalue weighted by atomic mass is 10.1. The van der Waals surface area contributed by atoms with Gasteiger partial charge in [-0.1, -0.05) is 30.3 Å². The Balaban J connectivity index is 1.62. The van der Waals surface area contributed by atoms with Gasteiger partial charge in [0.25, 0.3) is 5.91 Å². The van der Waals surface area contributed by atoms with Crippen LogP contribution in [0.5, 0.6) is 0 Å². The highest BCUT2D eigenvalue weighted by Gasteiger charge is 2.26. The van der Waals surface area contributed by atoms with Gasteiger partial charge in [-0.3, -0.25) is 9.69 Å². The number of benzene rings is 2. The van der Waals surface area contributed by atoms with Gasteiger partial charge in [0, 0.05) is 44.0 Å². The fraction of sp³-hybridized carbons (Fsp3) is 0.364. The van der Waals surface area contributed by atoms with Gasteiger partial charge in [-0.15, -0.1) is 0 Å². The first-order valence-corrected chi connectivity index (χ1v) is 9.68. The zero-order chi connectivity index (χ0) is 19.9. The van der Waals surface area contributed by atoms with Crippen molar-refractivity contribution in [3.63, 3.8) is 0 Å². The summed E-state index contributed by atoms with van der Waals surface area (Å²) in [5.41, 5.74) is 2.56. The predicted octanol–water partition coefficient (Wildman–Crippen LogP) is 2.81. The van der Waals surface area contributed by atoms with Crippen LogP contribution in [0.4, 0.5) is 10.5 Å². The smallest absolute Gasteiger partial charge is 0.324 e. The SMILES string of the molecule is CN(C)CCNC(=O)c1ccc(N2CCCN(Cc3ccccc3)C2=O)cc1. The second kappa shape index (κ2) is 9.37. The second-order valence-corrected chi connectivity index (χ2v) is 7.30. The molecule has 1 N–H and O–H groups in total. The standard InChI is InChI=1S/C22H28N4O2/c1-24(2)16-13-23-21(27)19-9-11-20(12-10-19)26-15-6-14-25(22(26)28)17-18-7-4-3-5-8-18/h3-5,7-12H,6,13-17H2,1-2H3,(H,23,27). The van der Waals surface area contributed by atoms with Gasteiger partial charge in [-0.25, -0.2) is 4.79 Å². The molecule has 0 spiro atoms. The van der Waals surface area contributed by atoms with Gasteiger partial charge in [-0.2, -0.15) is 0 Å². The third-order valence-electron chi connectivity index (χ3n) is 4.81. The molecule has 6 heteroatoms. The van der Waals surface area contributed by atoms with Crippen molar-refractivity contribution in [1.82, 2.24) is 15.1 Å². The van der Waals surface area contributed by atoms with Crippen molar-refractivity contribution < 1.29 is 9.59 Å². The van der Waals surface area contributed by atoms with E-state index in [2.05, 4.69) is 5.32 Å². The number of hydrogen-bond acceptors (Lipinski definition) is 3. The molecular formula is C22H28N4O2. The van der Waals surface area contributed by atoms with Crippen LogP contribution in [-0.4, -0.2) is 62.0 Å². The summed E-state index contributed by atoms with van der Waals surface area (Å²) in [5, 5.41) is 2.90. The predicted molar refractivity (Wildman–Crippen MR) is 112 cm³/mol. The van der Waals surface area contributed by atoms with Gasteiger partial charge in [-0.05, 0) is 50.3 Å². The summed E-state index contributed by atoms with van der Waals surface area (Å²) in [6.45, 7) is 3.47. The number of nitrogens with zero attached hydrogens (tertiary/aromatic N) is 3. The minimum atomic E-state index is -0.0934. The maximum absolute atomic E-state index is 12.9. The van der Waals surface area contributed by atoms with Crippen LogP contribution in [0.15, 0.2) is 54.6 Å². The van der Waals surface area contributed by atoms with Gasteiger partial charge in [0.05, 0.1) is 0 Å². The number of nitrogens with one attached hydrogen (secondary N) is 1. The number of anilines is 1. The fourth-order valence-electron chi connectivity index (χ4n) is 3.26. The normalized spacial score (nSPS) is 14.5. The molecule has 0 aliphatic carbocycles. The Bertz CT molecular complexity index is 790. The van der Waals surface area contributed by atoms with E-state index in [0.29, 0.717) is 25.2 Å². The summed E-state index contributed by atoms with van der Waals surface area (Å²) in [7, 11) is 3.94. The maximum Gasteiger partial charge on any atom is 0.324 e. The summed E-state index contributed by atoms with van der Waals surface area (Å²) >= 11 is 0. The van der Waals surface area contributed by atoms with Gasteiger partial charge >= 0.3 is 6.03 Å². The monoisotopic (exact) mass is 380 g/mol. The Kier molecular flexibility index (Phi) is 6.66. The molecule has 6 nitrogen and oxygen atoms in total. The van der Waals surface area contributed by atoms with Crippen LogP contribution in [0.2, 0.25) is 0 Å². The third-order valence-corrected chi connectivity index (χ3v) is 4.81. The number of carbonyl (C=O) groups excluding carboxylic acids is 2. The average Bonchev–Trinajstić information content (AvgIpc) is 2.70. The molecule has 0 bridgehead atoms. The highest BCUT2D eigenvalue weighted by Crippen LogP contribution is 2.22. The van der Waals surface area contributed by atoms with Crippen molar-refractivity contribution in [3.8, 4) is 0 Å². The van der Waals surface area contributed by atoms with Crippen LogP contribution in [0.3, 0.4) is 0 Å². The molecule has 0 unspecified atom stereocenters. The van der Waals surface area contributed by atoms with Crippen molar-refractivity contribution in [2.24, 2.45) is 0 Å². The minimum Gasteiger partial charge on any atom is -0.351 e. The summed E-state index contributed by atoms with van der Waals surface area (Å²) < 4.78 is 0. The average molecular weight is 380 g/mol. The van der Waals surface area contributed by atoms with E-state index in [-0.39, 0.29) is 11.9 Å². The number of likely N-dealkylation sites (N-methyl/N-ethyl adjacent to an activating group) is 1. The largest absolute Gasteiger partial charge is 0.351 e. The summed E-state index contributed by atoms with van der Waals surface area (Å²) in [6, 6.07) is 17.3. The molecule has 0 atom stereocenters. The topological polar surface area (TPSA) is 55.9 Å². The Hall–Kier alpha value is -2.86. The van der Waals surface area contributed by atoms with E-state index < -0.39 is 0 Å². The van der Waals surface area contributed by atoms with E-state index in [4.69, 9.17) is 0 Å². The summed E-state index contributed by atoms with van der Waals surface area (Å²) in [5.74, 6) is -0.0934. The van der Waals surface area contributed by atoms with Gasteiger partial charge < -0.3 is 15.1 Å². The molecule has 148 valence electrons. The molecule has 1 saturated heterocycles. The Morgan fingerprint density at radius 1 is 1.04 bits per heavy atom. The second-order valence-electron chi connectivity index (χ2n) is 7.30. The Morgan fingerprint density at radius 3 is 2.43 bits per heavy atom. The van der Waals surface area contributed by atoms with Crippen LogP contribution < -0.4 is 10.2 Å². The molecule has 2 aromatic rings. The van der Waals surface area contributed by atoms with Crippen molar-refractivity contribution in [3.05, 3.63) is 65.7 Å². The van der Waals surface area contributed by atoms with Crippen molar-refractivity contribution in [2.75, 3.05) is 45.2 Å². The third kappa shape index (κ3) is 5.10. The van der Waals surface area contributed by atoms with Gasteiger partial charge in [0.2, 0.25) is 0 Å². The summed E-state index contributed by atoms with van der Waals surface area (Å²) in [4.78, 5) is 30.8. The number of urea groups is 1. The highest BCUT2D eigenvalue weighted by molar-refractivity contribution is 5.96. The van der Waals surface area contributed by atoms with Crippen LogP contribution in [0, 0.1) is 0 Å². The molecule has 1 heterocycles. The lowest BCUT2D eigenvalue weighted by Gasteiger charge is -2.35. The Labute approximate surface area is 166 Å². The first kappa shape index (κ1) is 19.9. The quantitative estimate of drug-likeness (QED) is 0.804. The van der Waals surface area contributed by atoms with Crippen LogP contribution >= 0.6 is 0 Å². The molecule has 0 saturated carbocycles. The fourth-order valence-corrected chi connectivity index (χ4v) is 3.26. The van der Waals surface area contributed by atoms with Crippen molar-refractivity contribution >= 4 is 17.6 Å². The highest BCUT2D eigenvalue weighted by atomic mass is 16.2. The van der Waals surface area contributed by atoms with Crippen LogP contribution in [0.25, 0.3) is 0 Å². The number of amides is 3. The zero-order valence-corrected chi connectivity index (χ0v) is 16.6. The molecule has 1 fully saturated rings. The van der Waals surface area contributed by atoms with E-state index in [0.717, 1.165) is 30.8 Å². The summed E-state index contributed by atoms with van der Waals surface area (Å²) in [6.07, 6.45) is 0.922.